The number of carbonyl (C=O) groups excluding carboxylic acids is 1. The molecule has 1 amide bonds. The minimum atomic E-state index is -3.18. The van der Waals surface area contributed by atoms with Crippen molar-refractivity contribution in [3.8, 4) is 0 Å². The highest BCUT2D eigenvalue weighted by Gasteiger charge is 2.29. The van der Waals surface area contributed by atoms with Gasteiger partial charge in [-0.3, -0.25) is 4.79 Å². The quantitative estimate of drug-likeness (QED) is 0.860. The van der Waals surface area contributed by atoms with Crippen LogP contribution in [0.2, 0.25) is 0 Å². The second-order valence-corrected chi connectivity index (χ2v) is 8.26. The first kappa shape index (κ1) is 16.9. The lowest BCUT2D eigenvalue weighted by atomic mass is 9.97. The van der Waals surface area contributed by atoms with Gasteiger partial charge in [-0.1, -0.05) is 6.07 Å². The fraction of sp³-hybridized carbons (Fsp3) is 0.500. The molecule has 1 fully saturated rings. The number of aromatic carboxylic acids is 1. The number of fused-ring (bicyclic) bond motifs is 1. The molecule has 1 aromatic carbocycles. The molecule has 0 spiro atoms. The second kappa shape index (κ2) is 6.52. The van der Waals surface area contributed by atoms with E-state index in [1.54, 1.807) is 23.1 Å². The Morgan fingerprint density at radius 1 is 1.17 bits per heavy atom. The van der Waals surface area contributed by atoms with E-state index in [4.69, 9.17) is 5.11 Å². The first-order valence-corrected chi connectivity index (χ1v) is 9.58. The zero-order valence-corrected chi connectivity index (χ0v) is 14.1. The van der Waals surface area contributed by atoms with Crippen LogP contribution in [0.25, 0.3) is 0 Å². The molecule has 1 N–H and O–H groups in total. The molecular formula is C16H20N2O5S. The van der Waals surface area contributed by atoms with E-state index < -0.39 is 16.0 Å². The minimum absolute atomic E-state index is 0.0940. The highest BCUT2D eigenvalue weighted by molar-refractivity contribution is 7.89. The van der Waals surface area contributed by atoms with Crippen molar-refractivity contribution in [2.24, 2.45) is 0 Å². The average molecular weight is 352 g/mol. The maximum Gasteiger partial charge on any atom is 0.335 e. The van der Waals surface area contributed by atoms with E-state index in [1.807, 2.05) is 0 Å². The first-order valence-electron chi connectivity index (χ1n) is 7.97. The molecule has 0 unspecified atom stereocenters. The van der Waals surface area contributed by atoms with E-state index in [-0.39, 0.29) is 30.2 Å². The molecule has 0 aliphatic carbocycles. The summed E-state index contributed by atoms with van der Waals surface area (Å²) in [6, 6.07) is 5.00. The molecule has 0 radical (unpaired) electrons. The van der Waals surface area contributed by atoms with Crippen molar-refractivity contribution in [2.45, 2.75) is 25.8 Å². The third-order valence-corrected chi connectivity index (χ3v) is 6.55. The Hall–Kier alpha value is -1.93. The van der Waals surface area contributed by atoms with Crippen LogP contribution < -0.4 is 0 Å². The number of sulfonamides is 1. The van der Waals surface area contributed by atoms with Gasteiger partial charge in [0.05, 0.1) is 11.3 Å². The van der Waals surface area contributed by atoms with Crippen LogP contribution >= 0.6 is 0 Å². The van der Waals surface area contributed by atoms with Gasteiger partial charge < -0.3 is 10.0 Å². The van der Waals surface area contributed by atoms with Crippen LogP contribution in [0.4, 0.5) is 0 Å². The molecule has 1 aromatic rings. The minimum Gasteiger partial charge on any atom is -0.478 e. The molecule has 2 heterocycles. The Kier molecular flexibility index (Phi) is 4.60. The van der Waals surface area contributed by atoms with Gasteiger partial charge in [0.1, 0.15) is 0 Å². The van der Waals surface area contributed by atoms with Crippen LogP contribution in [0, 0.1) is 0 Å². The molecule has 0 saturated carbocycles. The lowest BCUT2D eigenvalue weighted by Crippen LogP contribution is -2.38. The summed E-state index contributed by atoms with van der Waals surface area (Å²) < 4.78 is 24.9. The fourth-order valence-corrected chi connectivity index (χ4v) is 4.75. The largest absolute Gasteiger partial charge is 0.478 e. The van der Waals surface area contributed by atoms with E-state index in [9.17, 15) is 18.0 Å². The number of amides is 1. The van der Waals surface area contributed by atoms with Crippen molar-refractivity contribution < 1.29 is 23.1 Å². The summed E-state index contributed by atoms with van der Waals surface area (Å²) in [5, 5.41) is 9.07. The van der Waals surface area contributed by atoms with Crippen LogP contribution in [0.5, 0.6) is 0 Å². The Bertz CT molecular complexity index is 775. The monoisotopic (exact) mass is 352 g/mol. The number of carboxylic acids is 1. The number of carboxylic acid groups (broad SMARTS) is 1. The van der Waals surface area contributed by atoms with Gasteiger partial charge in [-0.15, -0.1) is 0 Å². The molecule has 7 nitrogen and oxygen atoms in total. The summed E-state index contributed by atoms with van der Waals surface area (Å²) in [5.74, 6) is -0.917. The standard InChI is InChI=1S/C16H20N2O5S/c19-15(5-8-18-6-1-9-24(18,22)23)17-7-4-12-2-3-13(16(20)21)10-14(12)11-17/h2-3,10H,1,4-9,11H2,(H,20,21). The van der Waals surface area contributed by atoms with Gasteiger partial charge in [0.2, 0.25) is 15.9 Å². The number of carbonyl (C=O) groups is 2. The van der Waals surface area contributed by atoms with Gasteiger partial charge in [0, 0.05) is 32.6 Å². The Morgan fingerprint density at radius 3 is 2.62 bits per heavy atom. The Labute approximate surface area is 140 Å². The molecule has 0 atom stereocenters. The van der Waals surface area contributed by atoms with Crippen molar-refractivity contribution in [3.05, 3.63) is 34.9 Å². The summed E-state index contributed by atoms with van der Waals surface area (Å²) in [7, 11) is -3.18. The van der Waals surface area contributed by atoms with Crippen molar-refractivity contribution in [2.75, 3.05) is 25.4 Å². The predicted molar refractivity (Wildman–Crippen MR) is 87.1 cm³/mol. The fourth-order valence-electron chi connectivity index (χ4n) is 3.22. The van der Waals surface area contributed by atoms with Gasteiger partial charge in [-0.25, -0.2) is 17.5 Å². The van der Waals surface area contributed by atoms with Crippen molar-refractivity contribution >= 4 is 21.9 Å². The molecular weight excluding hydrogens is 332 g/mol. The smallest absolute Gasteiger partial charge is 0.335 e. The number of hydrogen-bond acceptors (Lipinski definition) is 4. The van der Waals surface area contributed by atoms with E-state index in [1.165, 1.54) is 4.31 Å². The van der Waals surface area contributed by atoms with E-state index in [0.29, 0.717) is 32.5 Å². The normalized spacial score (nSPS) is 19.9. The van der Waals surface area contributed by atoms with Crippen molar-refractivity contribution in [1.29, 1.82) is 0 Å². The maximum absolute atomic E-state index is 12.4. The number of benzene rings is 1. The van der Waals surface area contributed by atoms with Crippen LogP contribution in [-0.4, -0.2) is 60.0 Å². The molecule has 1 saturated heterocycles. The summed E-state index contributed by atoms with van der Waals surface area (Å²) in [6.45, 7) is 1.66. The molecule has 0 bridgehead atoms. The zero-order valence-electron chi connectivity index (χ0n) is 13.3. The zero-order chi connectivity index (χ0) is 17.3. The predicted octanol–water partition coefficient (Wildman–Crippen LogP) is 0.695. The van der Waals surface area contributed by atoms with Crippen LogP contribution in [0.1, 0.15) is 34.3 Å². The molecule has 8 heteroatoms. The number of hydrogen-bond donors (Lipinski definition) is 1. The van der Waals surface area contributed by atoms with Crippen LogP contribution in [0.15, 0.2) is 18.2 Å². The van der Waals surface area contributed by atoms with Gasteiger partial charge in [-0.2, -0.15) is 0 Å². The first-order chi connectivity index (χ1) is 11.4. The van der Waals surface area contributed by atoms with Crippen molar-refractivity contribution in [3.63, 3.8) is 0 Å². The molecule has 3 rings (SSSR count). The topological polar surface area (TPSA) is 95.0 Å². The maximum atomic E-state index is 12.4. The Morgan fingerprint density at radius 2 is 1.96 bits per heavy atom. The third-order valence-electron chi connectivity index (χ3n) is 4.60. The molecule has 0 aromatic heterocycles. The van der Waals surface area contributed by atoms with Crippen LogP contribution in [0.3, 0.4) is 0 Å². The van der Waals surface area contributed by atoms with Crippen molar-refractivity contribution in [1.82, 2.24) is 9.21 Å². The number of nitrogens with zero attached hydrogens (tertiary/aromatic N) is 2. The molecule has 2 aliphatic heterocycles. The SMILES string of the molecule is O=C(O)c1ccc2c(c1)CN(C(=O)CCN1CCCS1(=O)=O)CC2. The average Bonchev–Trinajstić information content (AvgIpc) is 2.89. The highest BCUT2D eigenvalue weighted by Crippen LogP contribution is 2.21. The molecule has 24 heavy (non-hydrogen) atoms. The summed E-state index contributed by atoms with van der Waals surface area (Å²) in [5.41, 5.74) is 2.13. The lowest BCUT2D eigenvalue weighted by molar-refractivity contribution is -0.132. The van der Waals surface area contributed by atoms with Gasteiger partial charge in [0.25, 0.3) is 0 Å². The van der Waals surface area contributed by atoms with Gasteiger partial charge in [-0.05, 0) is 36.1 Å². The molecule has 130 valence electrons. The summed E-state index contributed by atoms with van der Waals surface area (Å²) in [6.07, 6.45) is 1.46. The second-order valence-electron chi connectivity index (χ2n) is 6.17. The van der Waals surface area contributed by atoms with Gasteiger partial charge in [0.15, 0.2) is 0 Å². The van der Waals surface area contributed by atoms with Gasteiger partial charge >= 0.3 is 5.97 Å². The lowest BCUT2D eigenvalue weighted by Gasteiger charge is -2.29. The van der Waals surface area contributed by atoms with E-state index in [2.05, 4.69) is 0 Å². The third kappa shape index (κ3) is 3.44. The van der Waals surface area contributed by atoms with Crippen LogP contribution in [-0.2, 0) is 27.8 Å². The summed E-state index contributed by atoms with van der Waals surface area (Å²) >= 11 is 0. The Balaban J connectivity index is 1.63. The number of rotatable bonds is 4. The van der Waals surface area contributed by atoms with E-state index in [0.717, 1.165) is 11.1 Å². The van der Waals surface area contributed by atoms with E-state index >= 15 is 0 Å². The highest BCUT2D eigenvalue weighted by atomic mass is 32.2. The summed E-state index contributed by atoms with van der Waals surface area (Å²) in [4.78, 5) is 25.1. The molecule has 2 aliphatic rings.